The maximum Gasteiger partial charge on any atom is 0.308 e. The molecule has 0 spiro atoms. The summed E-state index contributed by atoms with van der Waals surface area (Å²) >= 11 is 0. The maximum atomic E-state index is 12.3. The molecule has 0 atom stereocenters. The van der Waals surface area contributed by atoms with Crippen LogP contribution in [0.2, 0.25) is 0 Å². The van der Waals surface area contributed by atoms with E-state index < -0.39 is 5.97 Å². The average Bonchev–Trinajstić information content (AvgIpc) is 3.10. The molecule has 0 saturated heterocycles. The quantitative estimate of drug-likeness (QED) is 0.508. The molecule has 3 aromatic rings. The van der Waals surface area contributed by atoms with Crippen LogP contribution in [0.25, 0.3) is 11.0 Å². The highest BCUT2D eigenvalue weighted by atomic mass is 16.5. The zero-order chi connectivity index (χ0) is 18.0. The number of fused-ring (bicyclic) bond motifs is 1. The molecule has 2 aromatic heterocycles. The van der Waals surface area contributed by atoms with Crippen LogP contribution in [0.4, 0.5) is 0 Å². The average molecular weight is 340 g/mol. The standard InChI is InChI=1S/C19H20N2O4/c1-12-10-13(2)21(20-12)9-8-18(23)24-11-16(22)19-14(3)15-6-4-5-7-17(15)25-19/h4-7,10H,8-9,11H2,1-3H3. The number of aromatic nitrogens is 2. The summed E-state index contributed by atoms with van der Waals surface area (Å²) in [5.74, 6) is -0.532. The summed E-state index contributed by atoms with van der Waals surface area (Å²) in [7, 11) is 0. The molecule has 0 fully saturated rings. The van der Waals surface area contributed by atoms with Crippen LogP contribution in [-0.4, -0.2) is 28.1 Å². The van der Waals surface area contributed by atoms with Gasteiger partial charge in [-0.3, -0.25) is 14.3 Å². The van der Waals surface area contributed by atoms with Gasteiger partial charge in [-0.2, -0.15) is 5.10 Å². The van der Waals surface area contributed by atoms with E-state index in [0.717, 1.165) is 22.3 Å². The van der Waals surface area contributed by atoms with Crippen molar-refractivity contribution in [3.8, 4) is 0 Å². The molecule has 130 valence electrons. The minimum atomic E-state index is -0.435. The van der Waals surface area contributed by atoms with Gasteiger partial charge in [0.1, 0.15) is 5.58 Å². The third kappa shape index (κ3) is 3.63. The summed E-state index contributed by atoms with van der Waals surface area (Å²) in [6, 6.07) is 9.38. The van der Waals surface area contributed by atoms with Crippen LogP contribution in [-0.2, 0) is 16.1 Å². The first-order valence-corrected chi connectivity index (χ1v) is 8.13. The van der Waals surface area contributed by atoms with Crippen molar-refractivity contribution < 1.29 is 18.7 Å². The Kier molecular flexibility index (Phi) is 4.70. The fourth-order valence-corrected chi connectivity index (χ4v) is 2.82. The first kappa shape index (κ1) is 17.0. The predicted octanol–water partition coefficient (Wildman–Crippen LogP) is 3.37. The number of carbonyl (C=O) groups is 2. The zero-order valence-corrected chi connectivity index (χ0v) is 14.5. The normalized spacial score (nSPS) is 11.0. The molecular formula is C19H20N2O4. The highest BCUT2D eigenvalue weighted by Crippen LogP contribution is 2.25. The number of furan rings is 1. The van der Waals surface area contributed by atoms with Crippen molar-refractivity contribution in [3.63, 3.8) is 0 Å². The van der Waals surface area contributed by atoms with Crippen molar-refractivity contribution in [2.24, 2.45) is 0 Å². The van der Waals surface area contributed by atoms with E-state index >= 15 is 0 Å². The molecule has 0 aliphatic heterocycles. The number of benzene rings is 1. The van der Waals surface area contributed by atoms with Gasteiger partial charge in [-0.25, -0.2) is 0 Å². The Morgan fingerprint density at radius 2 is 1.96 bits per heavy atom. The van der Waals surface area contributed by atoms with E-state index in [1.54, 1.807) is 10.7 Å². The van der Waals surface area contributed by atoms with Crippen LogP contribution < -0.4 is 0 Å². The Morgan fingerprint density at radius 3 is 2.64 bits per heavy atom. The molecule has 0 N–H and O–H groups in total. The van der Waals surface area contributed by atoms with Crippen LogP contribution in [0.15, 0.2) is 34.7 Å². The van der Waals surface area contributed by atoms with E-state index in [1.807, 2.05) is 45.0 Å². The summed E-state index contributed by atoms with van der Waals surface area (Å²) in [4.78, 5) is 24.2. The van der Waals surface area contributed by atoms with Gasteiger partial charge in [0, 0.05) is 16.6 Å². The number of rotatable bonds is 6. The van der Waals surface area contributed by atoms with Crippen molar-refractivity contribution in [3.05, 3.63) is 53.0 Å². The number of aryl methyl sites for hydroxylation is 4. The van der Waals surface area contributed by atoms with Crippen molar-refractivity contribution >= 4 is 22.7 Å². The predicted molar refractivity (Wildman–Crippen MR) is 92.6 cm³/mol. The first-order valence-electron chi connectivity index (χ1n) is 8.13. The summed E-state index contributed by atoms with van der Waals surface area (Å²) in [6.07, 6.45) is 0.161. The lowest BCUT2D eigenvalue weighted by Crippen LogP contribution is -2.16. The second kappa shape index (κ2) is 6.93. The van der Waals surface area contributed by atoms with Gasteiger partial charge in [0.2, 0.25) is 5.78 Å². The van der Waals surface area contributed by atoms with Crippen LogP contribution >= 0.6 is 0 Å². The molecular weight excluding hydrogens is 320 g/mol. The van der Waals surface area contributed by atoms with Crippen molar-refractivity contribution in [1.82, 2.24) is 9.78 Å². The summed E-state index contributed by atoms with van der Waals surface area (Å²) in [5.41, 5.74) is 3.30. The Bertz CT molecular complexity index is 936. The minimum absolute atomic E-state index is 0.161. The number of hydrogen-bond donors (Lipinski definition) is 0. The number of ketones is 1. The van der Waals surface area contributed by atoms with Gasteiger partial charge >= 0.3 is 5.97 Å². The monoisotopic (exact) mass is 340 g/mol. The topological polar surface area (TPSA) is 74.3 Å². The molecule has 6 nitrogen and oxygen atoms in total. The molecule has 6 heteroatoms. The Labute approximate surface area is 145 Å². The van der Waals surface area contributed by atoms with Crippen molar-refractivity contribution in [2.45, 2.75) is 33.7 Å². The van der Waals surface area contributed by atoms with E-state index in [9.17, 15) is 9.59 Å². The highest BCUT2D eigenvalue weighted by Gasteiger charge is 2.19. The van der Waals surface area contributed by atoms with Gasteiger partial charge in [-0.1, -0.05) is 18.2 Å². The molecule has 0 radical (unpaired) electrons. The van der Waals surface area contributed by atoms with Crippen molar-refractivity contribution in [1.29, 1.82) is 0 Å². The van der Waals surface area contributed by atoms with Gasteiger partial charge < -0.3 is 9.15 Å². The van der Waals surface area contributed by atoms with E-state index in [0.29, 0.717) is 12.1 Å². The zero-order valence-electron chi connectivity index (χ0n) is 14.5. The van der Waals surface area contributed by atoms with Crippen LogP contribution in [0.5, 0.6) is 0 Å². The molecule has 0 aliphatic rings. The van der Waals surface area contributed by atoms with Gasteiger partial charge in [-0.05, 0) is 32.9 Å². The maximum absolute atomic E-state index is 12.3. The number of ether oxygens (including phenoxy) is 1. The van der Waals surface area contributed by atoms with Gasteiger partial charge in [-0.15, -0.1) is 0 Å². The second-order valence-corrected chi connectivity index (χ2v) is 6.04. The molecule has 0 aliphatic carbocycles. The Balaban J connectivity index is 1.57. The van der Waals surface area contributed by atoms with Crippen LogP contribution in [0.3, 0.4) is 0 Å². The number of para-hydroxylation sites is 1. The van der Waals surface area contributed by atoms with E-state index in [4.69, 9.17) is 9.15 Å². The smallest absolute Gasteiger partial charge is 0.308 e. The SMILES string of the molecule is Cc1cc(C)n(CCC(=O)OCC(=O)c2oc3ccccc3c2C)n1. The van der Waals surface area contributed by atoms with E-state index in [-0.39, 0.29) is 24.6 Å². The number of nitrogens with zero attached hydrogens (tertiary/aromatic N) is 2. The van der Waals surface area contributed by atoms with Crippen LogP contribution in [0.1, 0.15) is 33.9 Å². The summed E-state index contributed by atoms with van der Waals surface area (Å²) in [5, 5.41) is 5.18. The number of esters is 1. The first-order chi connectivity index (χ1) is 12.0. The van der Waals surface area contributed by atoms with Crippen molar-refractivity contribution in [2.75, 3.05) is 6.61 Å². The largest absolute Gasteiger partial charge is 0.457 e. The fourth-order valence-electron chi connectivity index (χ4n) is 2.82. The van der Waals surface area contributed by atoms with Gasteiger partial charge in [0.05, 0.1) is 18.7 Å². The minimum Gasteiger partial charge on any atom is -0.457 e. The highest BCUT2D eigenvalue weighted by molar-refractivity contribution is 6.01. The molecule has 0 bridgehead atoms. The Hall–Kier alpha value is -2.89. The van der Waals surface area contributed by atoms with Gasteiger partial charge in [0.15, 0.2) is 12.4 Å². The van der Waals surface area contributed by atoms with Gasteiger partial charge in [0.25, 0.3) is 0 Å². The lowest BCUT2D eigenvalue weighted by molar-refractivity contribution is -0.142. The number of hydrogen-bond acceptors (Lipinski definition) is 5. The fraction of sp³-hybridized carbons (Fsp3) is 0.316. The second-order valence-electron chi connectivity index (χ2n) is 6.04. The molecule has 1 aromatic carbocycles. The number of carbonyl (C=O) groups excluding carboxylic acids is 2. The molecule has 0 saturated carbocycles. The van der Waals surface area contributed by atoms with E-state index in [1.165, 1.54) is 0 Å². The summed E-state index contributed by atoms with van der Waals surface area (Å²) < 4.78 is 12.4. The molecule has 0 unspecified atom stereocenters. The van der Waals surface area contributed by atoms with E-state index in [2.05, 4.69) is 5.10 Å². The summed E-state index contributed by atoms with van der Waals surface area (Å²) in [6.45, 7) is 5.76. The molecule has 2 heterocycles. The molecule has 25 heavy (non-hydrogen) atoms. The number of Topliss-reactive ketones (excluding diaryl/α,β-unsaturated/α-hetero) is 1. The Morgan fingerprint density at radius 1 is 1.20 bits per heavy atom. The lowest BCUT2D eigenvalue weighted by atomic mass is 10.1. The lowest BCUT2D eigenvalue weighted by Gasteiger charge is -2.05. The van der Waals surface area contributed by atoms with Crippen LogP contribution in [0, 0.1) is 20.8 Å². The molecule has 3 rings (SSSR count). The molecule has 0 amide bonds. The third-order valence-electron chi connectivity index (χ3n) is 4.09. The third-order valence-corrected chi connectivity index (χ3v) is 4.09.